The lowest BCUT2D eigenvalue weighted by Gasteiger charge is -2.40. The number of aromatic nitrogens is 1. The maximum atomic E-state index is 14.7. The third-order valence-electron chi connectivity index (χ3n) is 8.80. The molecule has 7 nitrogen and oxygen atoms in total. The van der Waals surface area contributed by atoms with Crippen molar-refractivity contribution in [1.82, 2.24) is 9.27 Å². The molecule has 0 saturated carbocycles. The molecule has 0 bridgehead atoms. The van der Waals surface area contributed by atoms with Crippen LogP contribution in [0.25, 0.3) is 10.1 Å². The zero-order valence-corrected chi connectivity index (χ0v) is 25.5. The van der Waals surface area contributed by atoms with E-state index in [1.165, 1.54) is 23.7 Å². The number of amides is 1. The Morgan fingerprint density at radius 2 is 1.68 bits per heavy atom. The van der Waals surface area contributed by atoms with E-state index in [0.717, 1.165) is 33.4 Å². The average molecular weight is 614 g/mol. The molecular formula is C34H33F2N5O2S. The summed E-state index contributed by atoms with van der Waals surface area (Å²) in [5.41, 5.74) is 2.64. The zero-order chi connectivity index (χ0) is 30.6. The number of anilines is 3. The molecule has 7 rings (SSSR count). The molecule has 3 aromatic carbocycles. The molecule has 1 saturated heterocycles. The van der Waals surface area contributed by atoms with Gasteiger partial charge in [0.25, 0.3) is 0 Å². The molecule has 3 heterocycles. The quantitative estimate of drug-likeness (QED) is 0.282. The SMILES string of the molecule is CC1(C)CC(=O)C2=C(C1)Nc1ccccc1N(CC(=O)N1CCN(c3nsc4ccccc34)CC1)C2c1cc(F)cc(F)c1. The highest BCUT2D eigenvalue weighted by Gasteiger charge is 2.42. The highest BCUT2D eigenvalue weighted by Crippen LogP contribution is 2.48. The number of nitrogens with one attached hydrogen (secondary N) is 1. The summed E-state index contributed by atoms with van der Waals surface area (Å²) in [5.74, 6) is -0.720. The first-order chi connectivity index (χ1) is 21.2. The average Bonchev–Trinajstić information content (AvgIpc) is 3.36. The molecule has 1 aromatic heterocycles. The number of hydrogen-bond acceptors (Lipinski definition) is 7. The number of hydrogen-bond donors (Lipinski definition) is 1. The molecule has 226 valence electrons. The van der Waals surface area contributed by atoms with Crippen LogP contribution in [0.5, 0.6) is 0 Å². The Hall–Kier alpha value is -4.31. The molecule has 1 atom stereocenters. The number of benzene rings is 3. The lowest BCUT2D eigenvalue weighted by atomic mass is 9.73. The number of fused-ring (bicyclic) bond motifs is 2. The predicted molar refractivity (Wildman–Crippen MR) is 170 cm³/mol. The van der Waals surface area contributed by atoms with Gasteiger partial charge in [-0.25, -0.2) is 8.78 Å². The van der Waals surface area contributed by atoms with E-state index in [-0.39, 0.29) is 23.7 Å². The number of rotatable bonds is 4. The first kappa shape index (κ1) is 28.5. The zero-order valence-electron chi connectivity index (χ0n) is 24.6. The summed E-state index contributed by atoms with van der Waals surface area (Å²) in [6, 6.07) is 18.2. The molecule has 4 aromatic rings. The molecule has 3 aliphatic rings. The second-order valence-corrected chi connectivity index (χ2v) is 13.4. The normalized spacial score (nSPS) is 19.9. The summed E-state index contributed by atoms with van der Waals surface area (Å²) in [7, 11) is 0. The topological polar surface area (TPSA) is 68.8 Å². The summed E-state index contributed by atoms with van der Waals surface area (Å²) in [6.07, 6.45) is 0.888. The van der Waals surface area contributed by atoms with Crippen LogP contribution in [0.2, 0.25) is 0 Å². The highest BCUT2D eigenvalue weighted by molar-refractivity contribution is 7.13. The smallest absolute Gasteiger partial charge is 0.242 e. The van der Waals surface area contributed by atoms with E-state index in [1.54, 1.807) is 0 Å². The molecule has 0 spiro atoms. The summed E-state index contributed by atoms with van der Waals surface area (Å²) in [5, 5.41) is 4.60. The van der Waals surface area contributed by atoms with Crippen LogP contribution in [0.4, 0.5) is 26.0 Å². The van der Waals surface area contributed by atoms with E-state index in [4.69, 9.17) is 0 Å². The minimum absolute atomic E-state index is 0.0609. The number of Topliss-reactive ketones (excluding diaryl/α,β-unsaturated/α-hetero) is 1. The molecule has 1 N–H and O–H groups in total. The second-order valence-electron chi connectivity index (χ2n) is 12.6. The molecule has 10 heteroatoms. The molecule has 1 fully saturated rings. The molecule has 1 amide bonds. The van der Waals surface area contributed by atoms with Gasteiger partial charge in [-0.15, -0.1) is 0 Å². The highest BCUT2D eigenvalue weighted by atomic mass is 32.1. The Kier molecular flexibility index (Phi) is 7.11. The number of ketones is 1. The Labute approximate surface area is 258 Å². The van der Waals surface area contributed by atoms with Crippen LogP contribution in [-0.4, -0.2) is 53.7 Å². The Balaban J connectivity index is 1.23. The fourth-order valence-corrected chi connectivity index (χ4v) is 7.62. The van der Waals surface area contributed by atoms with Crippen molar-refractivity contribution in [3.05, 3.63) is 95.2 Å². The molecule has 1 unspecified atom stereocenters. The third kappa shape index (κ3) is 5.21. The lowest BCUT2D eigenvalue weighted by Crippen LogP contribution is -2.52. The fraction of sp³-hybridized carbons (Fsp3) is 0.324. The molecule has 2 aliphatic heterocycles. The summed E-state index contributed by atoms with van der Waals surface area (Å²) >= 11 is 1.47. The number of piperazine rings is 1. The number of allylic oxidation sites excluding steroid dienone is 1. The van der Waals surface area contributed by atoms with Crippen molar-refractivity contribution >= 4 is 50.5 Å². The van der Waals surface area contributed by atoms with Gasteiger partial charge in [-0.3, -0.25) is 9.59 Å². The number of carbonyl (C=O) groups excluding carboxylic acids is 2. The van der Waals surface area contributed by atoms with Gasteiger partial charge in [0.1, 0.15) is 17.5 Å². The van der Waals surface area contributed by atoms with Gasteiger partial charge in [0.05, 0.1) is 28.7 Å². The summed E-state index contributed by atoms with van der Waals surface area (Å²) < 4.78 is 35.2. The summed E-state index contributed by atoms with van der Waals surface area (Å²) in [4.78, 5) is 33.8. The van der Waals surface area contributed by atoms with Crippen molar-refractivity contribution in [3.63, 3.8) is 0 Å². The van der Waals surface area contributed by atoms with E-state index in [0.29, 0.717) is 55.8 Å². The second kappa shape index (κ2) is 11.0. The van der Waals surface area contributed by atoms with Crippen LogP contribution in [0.1, 0.15) is 38.3 Å². The Bertz CT molecular complexity index is 1790. The maximum Gasteiger partial charge on any atom is 0.242 e. The number of halogens is 2. The van der Waals surface area contributed by atoms with Gasteiger partial charge in [-0.1, -0.05) is 38.1 Å². The van der Waals surface area contributed by atoms with Crippen molar-refractivity contribution in [2.45, 2.75) is 32.7 Å². The van der Waals surface area contributed by atoms with Gasteiger partial charge >= 0.3 is 0 Å². The third-order valence-corrected chi connectivity index (χ3v) is 9.62. The van der Waals surface area contributed by atoms with Crippen molar-refractivity contribution in [3.8, 4) is 0 Å². The Morgan fingerprint density at radius 3 is 2.45 bits per heavy atom. The molecule has 44 heavy (non-hydrogen) atoms. The lowest BCUT2D eigenvalue weighted by molar-refractivity contribution is -0.130. The van der Waals surface area contributed by atoms with Gasteiger partial charge in [0.15, 0.2) is 5.78 Å². The number of carbonyl (C=O) groups is 2. The van der Waals surface area contributed by atoms with E-state index in [1.807, 2.05) is 60.0 Å². The Morgan fingerprint density at radius 1 is 0.977 bits per heavy atom. The van der Waals surface area contributed by atoms with Gasteiger partial charge < -0.3 is 20.0 Å². The predicted octanol–water partition coefficient (Wildman–Crippen LogP) is 6.54. The van der Waals surface area contributed by atoms with E-state index >= 15 is 0 Å². The van der Waals surface area contributed by atoms with Crippen LogP contribution in [0.3, 0.4) is 0 Å². The van der Waals surface area contributed by atoms with Crippen molar-refractivity contribution in [2.75, 3.05) is 47.8 Å². The van der Waals surface area contributed by atoms with Gasteiger partial charge in [-0.2, -0.15) is 4.37 Å². The van der Waals surface area contributed by atoms with E-state index in [9.17, 15) is 18.4 Å². The largest absolute Gasteiger partial charge is 0.357 e. The first-order valence-corrected chi connectivity index (χ1v) is 15.7. The van der Waals surface area contributed by atoms with E-state index < -0.39 is 17.7 Å². The molecule has 1 aliphatic carbocycles. The summed E-state index contributed by atoms with van der Waals surface area (Å²) in [6.45, 7) is 6.32. The van der Waals surface area contributed by atoms with Crippen molar-refractivity contribution < 1.29 is 18.4 Å². The number of para-hydroxylation sites is 2. The van der Waals surface area contributed by atoms with Crippen LogP contribution >= 0.6 is 11.5 Å². The van der Waals surface area contributed by atoms with Crippen LogP contribution in [0, 0.1) is 17.0 Å². The van der Waals surface area contributed by atoms with Crippen LogP contribution in [-0.2, 0) is 9.59 Å². The van der Waals surface area contributed by atoms with Crippen molar-refractivity contribution in [2.24, 2.45) is 5.41 Å². The minimum Gasteiger partial charge on any atom is -0.357 e. The number of nitrogens with zero attached hydrogens (tertiary/aromatic N) is 4. The van der Waals surface area contributed by atoms with Crippen molar-refractivity contribution in [1.29, 1.82) is 0 Å². The first-order valence-electron chi connectivity index (χ1n) is 14.9. The fourth-order valence-electron chi connectivity index (χ4n) is 6.82. The standard InChI is InChI=1S/C34H33F2N5O2S/c1-34(2)18-26-31(28(42)19-34)32(21-15-22(35)17-23(36)16-21)41(27-9-5-4-8-25(27)37-26)20-30(43)39-11-13-40(14-12-39)33-24-7-3-6-10-29(24)44-38-33/h3-10,15-17,32,37H,11-14,18-20H2,1-2H3. The minimum atomic E-state index is -0.846. The van der Waals surface area contributed by atoms with Crippen LogP contribution in [0.15, 0.2) is 78.0 Å². The van der Waals surface area contributed by atoms with Crippen LogP contribution < -0.4 is 15.1 Å². The van der Waals surface area contributed by atoms with Gasteiger partial charge in [-0.05, 0) is 65.3 Å². The maximum absolute atomic E-state index is 14.7. The molecular weight excluding hydrogens is 580 g/mol. The van der Waals surface area contributed by atoms with Gasteiger partial charge in [0.2, 0.25) is 5.91 Å². The van der Waals surface area contributed by atoms with Gasteiger partial charge in [0, 0.05) is 55.3 Å². The molecule has 0 radical (unpaired) electrons. The van der Waals surface area contributed by atoms with E-state index in [2.05, 4.69) is 26.7 Å². The monoisotopic (exact) mass is 613 g/mol.